The van der Waals surface area contributed by atoms with Crippen molar-refractivity contribution >= 4 is 23.3 Å². The molecule has 0 aliphatic heterocycles. The molecule has 5 N–H and O–H groups in total. The second-order valence-corrected chi connectivity index (χ2v) is 5.98. The number of aromatic carboxylic acids is 1. The Morgan fingerprint density at radius 1 is 0.815 bits per heavy atom. The van der Waals surface area contributed by atoms with Gasteiger partial charge in [-0.3, -0.25) is 0 Å². The van der Waals surface area contributed by atoms with Gasteiger partial charge in [0.1, 0.15) is 6.61 Å². The summed E-state index contributed by atoms with van der Waals surface area (Å²) in [4.78, 5) is 24.3. The molecule has 0 atom stereocenters. The zero-order valence-corrected chi connectivity index (χ0v) is 14.4. The number of nitrogen functional groups attached to an aromatic ring is 2. The van der Waals surface area contributed by atoms with Crippen molar-refractivity contribution in [1.82, 2.24) is 0 Å². The van der Waals surface area contributed by atoms with Gasteiger partial charge in [0.05, 0.1) is 11.1 Å². The second kappa shape index (κ2) is 7.61. The predicted octanol–water partition coefficient (Wildman–Crippen LogP) is 3.57. The normalized spacial score (nSPS) is 10.4. The molecule has 27 heavy (non-hydrogen) atoms. The van der Waals surface area contributed by atoms with Crippen LogP contribution in [0.5, 0.6) is 0 Å². The number of nitrogens with two attached hydrogens (primary N) is 2. The van der Waals surface area contributed by atoms with Gasteiger partial charge >= 0.3 is 11.9 Å². The first-order valence-electron chi connectivity index (χ1n) is 8.19. The summed E-state index contributed by atoms with van der Waals surface area (Å²) in [6.07, 6.45) is 0. The van der Waals surface area contributed by atoms with Gasteiger partial charge in [-0.2, -0.15) is 0 Å². The van der Waals surface area contributed by atoms with Gasteiger partial charge in [-0.05, 0) is 41.0 Å². The highest BCUT2D eigenvalue weighted by molar-refractivity contribution is 6.03. The summed E-state index contributed by atoms with van der Waals surface area (Å²) in [7, 11) is 0. The van der Waals surface area contributed by atoms with Gasteiger partial charge in [-0.25, -0.2) is 9.59 Å². The van der Waals surface area contributed by atoms with E-state index in [1.807, 2.05) is 30.3 Å². The number of hydrogen-bond acceptors (Lipinski definition) is 5. The number of benzene rings is 3. The van der Waals surface area contributed by atoms with Crippen LogP contribution < -0.4 is 11.5 Å². The number of carbonyl (C=O) groups is 2. The highest BCUT2D eigenvalue weighted by atomic mass is 16.5. The van der Waals surface area contributed by atoms with Crippen molar-refractivity contribution in [2.45, 2.75) is 6.61 Å². The SMILES string of the molecule is Nc1ccc(-c2ccc(N)cc2C(=O)OCc2ccccc2)c(C(=O)O)c1. The standard InChI is InChI=1S/C21H18N2O4/c22-14-6-8-16(18(10-14)20(24)25)17-9-7-15(23)11-19(17)21(26)27-12-13-4-2-1-3-5-13/h1-11H,12,22-23H2,(H,24,25). The van der Waals surface area contributed by atoms with Crippen LogP contribution in [-0.4, -0.2) is 17.0 Å². The molecule has 3 rings (SSSR count). The third kappa shape index (κ3) is 4.07. The number of carboxylic acids is 1. The molecule has 0 bridgehead atoms. The van der Waals surface area contributed by atoms with Crippen LogP contribution in [0.1, 0.15) is 26.3 Å². The highest BCUT2D eigenvalue weighted by Gasteiger charge is 2.20. The van der Waals surface area contributed by atoms with E-state index in [-0.39, 0.29) is 17.7 Å². The molecule has 0 unspecified atom stereocenters. The van der Waals surface area contributed by atoms with Crippen LogP contribution in [0.25, 0.3) is 11.1 Å². The Kier molecular flexibility index (Phi) is 5.08. The van der Waals surface area contributed by atoms with Crippen molar-refractivity contribution < 1.29 is 19.4 Å². The van der Waals surface area contributed by atoms with Crippen LogP contribution >= 0.6 is 0 Å². The van der Waals surface area contributed by atoms with Crippen LogP contribution in [0.3, 0.4) is 0 Å². The van der Waals surface area contributed by atoms with E-state index in [4.69, 9.17) is 16.2 Å². The van der Waals surface area contributed by atoms with Crippen LogP contribution in [0.4, 0.5) is 11.4 Å². The summed E-state index contributed by atoms with van der Waals surface area (Å²) in [6, 6.07) is 18.4. The summed E-state index contributed by atoms with van der Waals surface area (Å²) >= 11 is 0. The fourth-order valence-electron chi connectivity index (χ4n) is 2.74. The Hall–Kier alpha value is -3.80. The van der Waals surface area contributed by atoms with Crippen LogP contribution in [0.15, 0.2) is 66.7 Å². The summed E-state index contributed by atoms with van der Waals surface area (Å²) in [5.41, 5.74) is 14.0. The van der Waals surface area contributed by atoms with Gasteiger partial charge in [0.15, 0.2) is 0 Å². The van der Waals surface area contributed by atoms with E-state index in [1.165, 1.54) is 12.1 Å². The van der Waals surface area contributed by atoms with Crippen molar-refractivity contribution in [3.63, 3.8) is 0 Å². The number of esters is 1. The Labute approximate surface area is 156 Å². The molecule has 0 amide bonds. The molecule has 0 radical (unpaired) electrons. The zero-order chi connectivity index (χ0) is 19.4. The van der Waals surface area contributed by atoms with E-state index in [2.05, 4.69) is 0 Å². The maximum Gasteiger partial charge on any atom is 0.339 e. The topological polar surface area (TPSA) is 116 Å². The molecule has 0 fully saturated rings. The molecule has 3 aromatic rings. The van der Waals surface area contributed by atoms with E-state index in [9.17, 15) is 14.7 Å². The number of rotatable bonds is 5. The van der Waals surface area contributed by atoms with E-state index in [0.29, 0.717) is 22.5 Å². The van der Waals surface area contributed by atoms with Crippen LogP contribution in [0.2, 0.25) is 0 Å². The molecule has 3 aromatic carbocycles. The lowest BCUT2D eigenvalue weighted by Crippen LogP contribution is -2.09. The van der Waals surface area contributed by atoms with Crippen molar-refractivity contribution in [2.75, 3.05) is 11.5 Å². The third-order valence-corrected chi connectivity index (χ3v) is 4.04. The average molecular weight is 362 g/mol. The Balaban J connectivity index is 1.99. The van der Waals surface area contributed by atoms with Crippen LogP contribution in [0, 0.1) is 0 Å². The maximum absolute atomic E-state index is 12.7. The fraction of sp³-hybridized carbons (Fsp3) is 0.0476. The third-order valence-electron chi connectivity index (χ3n) is 4.04. The molecule has 0 aliphatic carbocycles. The molecule has 0 aromatic heterocycles. The zero-order valence-electron chi connectivity index (χ0n) is 14.4. The second-order valence-electron chi connectivity index (χ2n) is 5.98. The summed E-state index contributed by atoms with van der Waals surface area (Å²) in [5.74, 6) is -1.73. The molecule has 136 valence electrons. The van der Waals surface area contributed by atoms with Gasteiger partial charge < -0.3 is 21.3 Å². The lowest BCUT2D eigenvalue weighted by Gasteiger charge is -2.13. The quantitative estimate of drug-likeness (QED) is 0.472. The molecular weight excluding hydrogens is 344 g/mol. The van der Waals surface area contributed by atoms with Crippen LogP contribution in [-0.2, 0) is 11.3 Å². The smallest absolute Gasteiger partial charge is 0.339 e. The minimum absolute atomic E-state index is 0.00289. The largest absolute Gasteiger partial charge is 0.478 e. The number of carboxylic acid groups (broad SMARTS) is 1. The molecule has 0 saturated heterocycles. The molecule has 0 spiro atoms. The first-order valence-corrected chi connectivity index (χ1v) is 8.19. The number of ether oxygens (including phenoxy) is 1. The van der Waals surface area contributed by atoms with Gasteiger partial charge in [-0.1, -0.05) is 42.5 Å². The van der Waals surface area contributed by atoms with Crippen molar-refractivity contribution in [3.05, 3.63) is 83.4 Å². The summed E-state index contributed by atoms with van der Waals surface area (Å²) in [6.45, 7) is 0.0986. The number of hydrogen-bond donors (Lipinski definition) is 3. The first-order chi connectivity index (χ1) is 13.0. The first kappa shape index (κ1) is 18.0. The molecule has 6 nitrogen and oxygen atoms in total. The highest BCUT2D eigenvalue weighted by Crippen LogP contribution is 2.31. The average Bonchev–Trinajstić information content (AvgIpc) is 2.67. The minimum atomic E-state index is -1.14. The van der Waals surface area contributed by atoms with Gasteiger partial charge in [0.2, 0.25) is 0 Å². The van der Waals surface area contributed by atoms with Crippen molar-refractivity contribution in [3.8, 4) is 11.1 Å². The summed E-state index contributed by atoms with van der Waals surface area (Å²) < 4.78 is 5.39. The van der Waals surface area contributed by atoms with Gasteiger partial charge in [-0.15, -0.1) is 0 Å². The Morgan fingerprint density at radius 3 is 1.96 bits per heavy atom. The Morgan fingerprint density at radius 2 is 1.37 bits per heavy atom. The van der Waals surface area contributed by atoms with Gasteiger partial charge in [0, 0.05) is 11.4 Å². The van der Waals surface area contributed by atoms with Crippen molar-refractivity contribution in [2.24, 2.45) is 0 Å². The Bertz CT molecular complexity index is 1000. The lowest BCUT2D eigenvalue weighted by molar-refractivity contribution is 0.0473. The molecule has 0 aliphatic rings. The molecule has 6 heteroatoms. The van der Waals surface area contributed by atoms with Crippen molar-refractivity contribution in [1.29, 1.82) is 0 Å². The van der Waals surface area contributed by atoms with E-state index >= 15 is 0 Å². The van der Waals surface area contributed by atoms with E-state index in [1.54, 1.807) is 24.3 Å². The predicted molar refractivity (Wildman–Crippen MR) is 103 cm³/mol. The maximum atomic E-state index is 12.7. The fourth-order valence-corrected chi connectivity index (χ4v) is 2.74. The minimum Gasteiger partial charge on any atom is -0.478 e. The molecular formula is C21H18N2O4. The van der Waals surface area contributed by atoms with E-state index in [0.717, 1.165) is 5.56 Å². The number of carbonyl (C=O) groups excluding carboxylic acids is 1. The molecule has 0 saturated carbocycles. The molecule has 0 heterocycles. The van der Waals surface area contributed by atoms with E-state index < -0.39 is 11.9 Å². The summed E-state index contributed by atoms with van der Waals surface area (Å²) in [5, 5.41) is 9.49. The number of anilines is 2. The monoisotopic (exact) mass is 362 g/mol. The van der Waals surface area contributed by atoms with Gasteiger partial charge in [0.25, 0.3) is 0 Å². The lowest BCUT2D eigenvalue weighted by atomic mass is 9.94.